The number of benzene rings is 1. The lowest BCUT2D eigenvalue weighted by atomic mass is 9.97. The van der Waals surface area contributed by atoms with Gasteiger partial charge in [0, 0.05) is 24.2 Å². The molecule has 3 nitrogen and oxygen atoms in total. The fourth-order valence-electron chi connectivity index (χ4n) is 4.21. The zero-order chi connectivity index (χ0) is 15.1. The summed E-state index contributed by atoms with van der Waals surface area (Å²) in [7, 11) is 0. The molecule has 4 rings (SSSR count). The molecular weight excluding hydrogens is 314 g/mol. The molecule has 118 valence electrons. The Hall–Kier alpha value is -0.840. The van der Waals surface area contributed by atoms with E-state index in [1.807, 2.05) is 24.3 Å². The van der Waals surface area contributed by atoms with Crippen molar-refractivity contribution in [3.05, 3.63) is 29.3 Å². The first kappa shape index (κ1) is 14.7. The van der Waals surface area contributed by atoms with Crippen LogP contribution in [0.5, 0.6) is 0 Å². The fourth-order valence-corrected chi connectivity index (χ4v) is 4.67. The van der Waals surface area contributed by atoms with E-state index in [0.29, 0.717) is 16.2 Å². The summed E-state index contributed by atoms with van der Waals surface area (Å²) in [4.78, 5) is 2.81. The molecule has 0 aromatic heterocycles. The van der Waals surface area contributed by atoms with E-state index in [2.05, 4.69) is 15.5 Å². The number of nitrogens with one attached hydrogen (secondary N) is 2. The minimum Gasteiger partial charge on any atom is -0.360 e. The van der Waals surface area contributed by atoms with Gasteiger partial charge in [-0.1, -0.05) is 23.7 Å². The standard InChI is InChI=1S/C17H22ClN3S/c18-15-3-1-2-4-16(15)20-17(22)19-11-9-13-7-8-14(10-11)21(13)12-5-6-12/h1-4,11-14H,5-10H2,(H2,19,20,22). The molecule has 2 heterocycles. The number of hydrogen-bond donors (Lipinski definition) is 2. The van der Waals surface area contributed by atoms with Crippen molar-refractivity contribution >= 4 is 34.6 Å². The van der Waals surface area contributed by atoms with Gasteiger partial charge >= 0.3 is 0 Å². The number of hydrogen-bond acceptors (Lipinski definition) is 2. The minimum atomic E-state index is 0.495. The predicted octanol–water partition coefficient (Wildman–Crippen LogP) is 3.78. The molecule has 5 heteroatoms. The van der Waals surface area contributed by atoms with Gasteiger partial charge in [-0.05, 0) is 62.9 Å². The first-order valence-corrected chi connectivity index (χ1v) is 9.09. The Labute approximate surface area is 142 Å². The lowest BCUT2D eigenvalue weighted by molar-refractivity contribution is 0.114. The molecule has 1 saturated carbocycles. The van der Waals surface area contributed by atoms with Gasteiger partial charge in [0.15, 0.2) is 5.11 Å². The van der Waals surface area contributed by atoms with E-state index in [1.54, 1.807) is 0 Å². The molecule has 3 aliphatic rings. The van der Waals surface area contributed by atoms with Crippen LogP contribution in [-0.2, 0) is 0 Å². The Morgan fingerprint density at radius 1 is 1.05 bits per heavy atom. The van der Waals surface area contributed by atoms with Gasteiger partial charge in [-0.2, -0.15) is 0 Å². The van der Waals surface area contributed by atoms with Crippen molar-refractivity contribution in [2.24, 2.45) is 0 Å². The number of nitrogens with zero attached hydrogens (tertiary/aromatic N) is 1. The van der Waals surface area contributed by atoms with Gasteiger partial charge in [0.2, 0.25) is 0 Å². The van der Waals surface area contributed by atoms with E-state index in [4.69, 9.17) is 23.8 Å². The Kier molecular flexibility index (Phi) is 4.01. The molecule has 3 fully saturated rings. The van der Waals surface area contributed by atoms with E-state index < -0.39 is 0 Å². The second-order valence-corrected chi connectivity index (χ2v) is 7.63. The average molecular weight is 336 g/mol. The van der Waals surface area contributed by atoms with Crippen molar-refractivity contribution in [1.82, 2.24) is 10.2 Å². The lowest BCUT2D eigenvalue weighted by Gasteiger charge is -2.39. The molecule has 1 aromatic carbocycles. The topological polar surface area (TPSA) is 27.3 Å². The second-order valence-electron chi connectivity index (χ2n) is 6.81. The van der Waals surface area contributed by atoms with E-state index >= 15 is 0 Å². The van der Waals surface area contributed by atoms with Crippen LogP contribution in [0.25, 0.3) is 0 Å². The van der Waals surface area contributed by atoms with Gasteiger partial charge < -0.3 is 10.6 Å². The third kappa shape index (κ3) is 2.97. The van der Waals surface area contributed by atoms with Gasteiger partial charge in [0.05, 0.1) is 10.7 Å². The van der Waals surface area contributed by atoms with Crippen LogP contribution in [-0.4, -0.2) is 34.2 Å². The maximum Gasteiger partial charge on any atom is 0.171 e. The van der Waals surface area contributed by atoms with Gasteiger partial charge in [0.1, 0.15) is 0 Å². The SMILES string of the molecule is S=C(Nc1ccccc1Cl)NC1CC2CCC(C1)N2C1CC1. The van der Waals surface area contributed by atoms with Crippen LogP contribution in [0, 0.1) is 0 Å². The molecular formula is C17H22ClN3S. The molecule has 2 N–H and O–H groups in total. The summed E-state index contributed by atoms with van der Waals surface area (Å²) in [5.74, 6) is 0. The van der Waals surface area contributed by atoms with Gasteiger partial charge in [-0.25, -0.2) is 0 Å². The highest BCUT2D eigenvalue weighted by molar-refractivity contribution is 7.80. The minimum absolute atomic E-state index is 0.495. The molecule has 0 radical (unpaired) electrons. The Morgan fingerprint density at radius 3 is 2.32 bits per heavy atom. The highest BCUT2D eigenvalue weighted by atomic mass is 35.5. The average Bonchev–Trinajstić information content (AvgIpc) is 3.28. The lowest BCUT2D eigenvalue weighted by Crippen LogP contribution is -2.51. The molecule has 1 aliphatic carbocycles. The zero-order valence-corrected chi connectivity index (χ0v) is 14.2. The summed E-state index contributed by atoms with van der Waals surface area (Å²) in [6.45, 7) is 0. The van der Waals surface area contributed by atoms with E-state index in [0.717, 1.165) is 23.8 Å². The van der Waals surface area contributed by atoms with Crippen LogP contribution < -0.4 is 10.6 Å². The largest absolute Gasteiger partial charge is 0.360 e. The molecule has 0 spiro atoms. The predicted molar refractivity (Wildman–Crippen MR) is 95.5 cm³/mol. The number of rotatable bonds is 3. The number of halogens is 1. The maximum absolute atomic E-state index is 6.17. The van der Waals surface area contributed by atoms with Gasteiger partial charge in [-0.15, -0.1) is 0 Å². The monoisotopic (exact) mass is 335 g/mol. The van der Waals surface area contributed by atoms with Crippen molar-refractivity contribution in [3.63, 3.8) is 0 Å². The summed E-state index contributed by atoms with van der Waals surface area (Å²) < 4.78 is 0. The van der Waals surface area contributed by atoms with Crippen molar-refractivity contribution < 1.29 is 0 Å². The van der Waals surface area contributed by atoms with Crippen molar-refractivity contribution in [2.45, 2.75) is 62.7 Å². The molecule has 2 saturated heterocycles. The van der Waals surface area contributed by atoms with Crippen molar-refractivity contribution in [1.29, 1.82) is 0 Å². The van der Waals surface area contributed by atoms with Crippen LogP contribution >= 0.6 is 23.8 Å². The number of piperidine rings is 1. The van der Waals surface area contributed by atoms with Crippen LogP contribution in [0.2, 0.25) is 5.02 Å². The van der Waals surface area contributed by atoms with Crippen LogP contribution in [0.4, 0.5) is 5.69 Å². The van der Waals surface area contributed by atoms with E-state index in [-0.39, 0.29) is 0 Å². The zero-order valence-electron chi connectivity index (χ0n) is 12.6. The molecule has 2 atom stereocenters. The summed E-state index contributed by atoms with van der Waals surface area (Å²) in [6, 6.07) is 10.7. The van der Waals surface area contributed by atoms with Gasteiger partial charge in [-0.3, -0.25) is 4.90 Å². The normalized spacial score (nSPS) is 31.0. The van der Waals surface area contributed by atoms with Crippen LogP contribution in [0.15, 0.2) is 24.3 Å². The summed E-state index contributed by atoms with van der Waals surface area (Å²) in [5, 5.41) is 8.13. The fraction of sp³-hybridized carbons (Fsp3) is 0.588. The van der Waals surface area contributed by atoms with Crippen LogP contribution in [0.3, 0.4) is 0 Å². The first-order chi connectivity index (χ1) is 10.7. The van der Waals surface area contributed by atoms with Gasteiger partial charge in [0.25, 0.3) is 0 Å². The number of para-hydroxylation sites is 1. The first-order valence-electron chi connectivity index (χ1n) is 8.30. The molecule has 22 heavy (non-hydrogen) atoms. The number of fused-ring (bicyclic) bond motifs is 2. The molecule has 2 unspecified atom stereocenters. The Morgan fingerprint density at radius 2 is 1.68 bits per heavy atom. The number of anilines is 1. The summed E-state index contributed by atoms with van der Waals surface area (Å²) >= 11 is 11.6. The third-order valence-corrected chi connectivity index (χ3v) is 5.76. The summed E-state index contributed by atoms with van der Waals surface area (Å²) in [6.07, 6.45) is 8.00. The molecule has 2 aliphatic heterocycles. The molecule has 2 bridgehead atoms. The van der Waals surface area contributed by atoms with Crippen molar-refractivity contribution in [3.8, 4) is 0 Å². The van der Waals surface area contributed by atoms with Crippen molar-refractivity contribution in [2.75, 3.05) is 5.32 Å². The molecule has 1 aromatic rings. The quantitative estimate of drug-likeness (QED) is 0.822. The van der Waals surface area contributed by atoms with Crippen LogP contribution in [0.1, 0.15) is 38.5 Å². The molecule has 0 amide bonds. The Balaban J connectivity index is 1.34. The third-order valence-electron chi connectivity index (χ3n) is 5.22. The second kappa shape index (κ2) is 5.99. The van der Waals surface area contributed by atoms with E-state index in [9.17, 15) is 0 Å². The highest BCUT2D eigenvalue weighted by Gasteiger charge is 2.46. The maximum atomic E-state index is 6.17. The highest BCUT2D eigenvalue weighted by Crippen LogP contribution is 2.43. The number of thiocarbonyl (C=S) groups is 1. The van der Waals surface area contributed by atoms with E-state index in [1.165, 1.54) is 38.5 Å². The smallest absolute Gasteiger partial charge is 0.171 e. The summed E-state index contributed by atoms with van der Waals surface area (Å²) in [5.41, 5.74) is 0.875. The Bertz CT molecular complexity index is 561.